The van der Waals surface area contributed by atoms with Crippen molar-refractivity contribution in [3.8, 4) is 5.69 Å². The van der Waals surface area contributed by atoms with Crippen molar-refractivity contribution >= 4 is 11.7 Å². The third kappa shape index (κ3) is 3.78. The van der Waals surface area contributed by atoms with Crippen molar-refractivity contribution < 1.29 is 4.79 Å². The zero-order valence-corrected chi connectivity index (χ0v) is 13.7. The van der Waals surface area contributed by atoms with Gasteiger partial charge in [0.05, 0.1) is 11.4 Å². The summed E-state index contributed by atoms with van der Waals surface area (Å²) in [6, 6.07) is 13.1. The highest BCUT2D eigenvalue weighted by molar-refractivity contribution is 5.89. The van der Waals surface area contributed by atoms with E-state index in [4.69, 9.17) is 0 Å². The van der Waals surface area contributed by atoms with Crippen molar-refractivity contribution in [2.24, 2.45) is 0 Å². The minimum Gasteiger partial charge on any atom is -0.334 e. The van der Waals surface area contributed by atoms with E-state index in [-0.39, 0.29) is 6.03 Å². The molecule has 6 nitrogen and oxygen atoms in total. The Morgan fingerprint density at radius 1 is 1.17 bits per heavy atom. The first kappa shape index (κ1) is 15.7. The first-order valence-electron chi connectivity index (χ1n) is 7.69. The standard InChI is InChI=1S/C18H19N5O/c1-13-9-14(2)23(22-13)17-7-3-6-16(10-17)21-18(24)20-12-15-5-4-8-19-11-15/h3-11H,12H2,1-2H3,(H2,20,21,24). The van der Waals surface area contributed by atoms with Gasteiger partial charge in [-0.1, -0.05) is 12.1 Å². The lowest BCUT2D eigenvalue weighted by atomic mass is 10.2. The maximum Gasteiger partial charge on any atom is 0.319 e. The van der Waals surface area contributed by atoms with Crippen LogP contribution in [0, 0.1) is 13.8 Å². The second kappa shape index (κ2) is 6.95. The number of nitrogens with one attached hydrogen (secondary N) is 2. The fourth-order valence-corrected chi connectivity index (χ4v) is 2.47. The number of amides is 2. The highest BCUT2D eigenvalue weighted by Gasteiger charge is 2.06. The normalized spacial score (nSPS) is 10.4. The number of aryl methyl sites for hydroxylation is 2. The van der Waals surface area contributed by atoms with Crippen molar-refractivity contribution in [1.29, 1.82) is 0 Å². The summed E-state index contributed by atoms with van der Waals surface area (Å²) in [6.07, 6.45) is 3.43. The molecule has 0 unspecified atom stereocenters. The molecule has 122 valence electrons. The van der Waals surface area contributed by atoms with Crippen molar-refractivity contribution in [1.82, 2.24) is 20.1 Å². The minimum absolute atomic E-state index is 0.260. The van der Waals surface area contributed by atoms with E-state index in [9.17, 15) is 4.79 Å². The number of anilines is 1. The van der Waals surface area contributed by atoms with Gasteiger partial charge in [0.2, 0.25) is 0 Å². The summed E-state index contributed by atoms with van der Waals surface area (Å²) in [6.45, 7) is 4.38. The zero-order valence-electron chi connectivity index (χ0n) is 13.7. The van der Waals surface area contributed by atoms with Crippen LogP contribution in [-0.2, 0) is 6.54 Å². The molecule has 2 heterocycles. The monoisotopic (exact) mass is 321 g/mol. The van der Waals surface area contributed by atoms with Gasteiger partial charge in [0, 0.05) is 30.3 Å². The lowest BCUT2D eigenvalue weighted by Crippen LogP contribution is -2.28. The number of nitrogens with zero attached hydrogens (tertiary/aromatic N) is 3. The van der Waals surface area contributed by atoms with Crippen molar-refractivity contribution in [3.63, 3.8) is 0 Å². The molecule has 0 saturated carbocycles. The summed E-state index contributed by atoms with van der Waals surface area (Å²) in [5.41, 5.74) is 4.57. The molecule has 2 aromatic heterocycles. The van der Waals surface area contributed by atoms with Crippen molar-refractivity contribution in [2.75, 3.05) is 5.32 Å². The Morgan fingerprint density at radius 3 is 2.75 bits per heavy atom. The minimum atomic E-state index is -0.260. The molecule has 2 N–H and O–H groups in total. The highest BCUT2D eigenvalue weighted by atomic mass is 16.2. The molecule has 24 heavy (non-hydrogen) atoms. The van der Waals surface area contributed by atoms with Gasteiger partial charge in [-0.05, 0) is 49.7 Å². The molecule has 0 saturated heterocycles. The van der Waals surface area contributed by atoms with Crippen LogP contribution in [0.2, 0.25) is 0 Å². The van der Waals surface area contributed by atoms with Crippen LogP contribution >= 0.6 is 0 Å². The topological polar surface area (TPSA) is 71.8 Å². The molecule has 0 aliphatic carbocycles. The first-order valence-corrected chi connectivity index (χ1v) is 7.69. The van der Waals surface area contributed by atoms with Gasteiger partial charge >= 0.3 is 6.03 Å². The van der Waals surface area contributed by atoms with E-state index in [1.807, 2.05) is 61.0 Å². The largest absolute Gasteiger partial charge is 0.334 e. The summed E-state index contributed by atoms with van der Waals surface area (Å²) >= 11 is 0. The smallest absolute Gasteiger partial charge is 0.319 e. The lowest BCUT2D eigenvalue weighted by molar-refractivity contribution is 0.251. The summed E-state index contributed by atoms with van der Waals surface area (Å²) in [4.78, 5) is 16.1. The molecule has 0 atom stereocenters. The number of benzene rings is 1. The Kier molecular flexibility index (Phi) is 4.56. The fraction of sp³-hybridized carbons (Fsp3) is 0.167. The van der Waals surface area contributed by atoms with Crippen LogP contribution in [0.1, 0.15) is 17.0 Å². The Hall–Kier alpha value is -3.15. The molecule has 0 aliphatic heterocycles. The number of rotatable bonds is 4. The number of carbonyl (C=O) groups is 1. The summed E-state index contributed by atoms with van der Waals surface area (Å²) in [7, 11) is 0. The number of urea groups is 1. The van der Waals surface area contributed by atoms with Crippen LogP contribution in [0.15, 0.2) is 54.9 Å². The number of aromatic nitrogens is 3. The van der Waals surface area contributed by atoms with Crippen LogP contribution in [-0.4, -0.2) is 20.8 Å². The Labute approximate surface area is 140 Å². The summed E-state index contributed by atoms with van der Waals surface area (Å²) in [5.74, 6) is 0. The van der Waals surface area contributed by atoms with Gasteiger partial charge < -0.3 is 10.6 Å². The molecule has 0 aliphatic rings. The molecule has 3 aromatic rings. The first-order chi connectivity index (χ1) is 11.6. The van der Waals surface area contributed by atoms with E-state index in [1.54, 1.807) is 12.4 Å². The molecule has 0 bridgehead atoms. The molecule has 0 radical (unpaired) electrons. The number of hydrogen-bond acceptors (Lipinski definition) is 3. The van der Waals surface area contributed by atoms with Gasteiger partial charge in [-0.3, -0.25) is 4.98 Å². The predicted molar refractivity (Wildman–Crippen MR) is 93.1 cm³/mol. The molecule has 0 spiro atoms. The van der Waals surface area contributed by atoms with Gasteiger partial charge in [-0.25, -0.2) is 9.48 Å². The number of carbonyl (C=O) groups excluding carboxylic acids is 1. The Balaban J connectivity index is 1.66. The van der Waals surface area contributed by atoms with Crippen LogP contribution in [0.3, 0.4) is 0 Å². The highest BCUT2D eigenvalue weighted by Crippen LogP contribution is 2.16. The quantitative estimate of drug-likeness (QED) is 0.775. The molecule has 0 fully saturated rings. The molecule has 6 heteroatoms. The van der Waals surface area contributed by atoms with Gasteiger partial charge in [-0.2, -0.15) is 5.10 Å². The Bertz CT molecular complexity index is 842. The van der Waals surface area contributed by atoms with Gasteiger partial charge in [0.25, 0.3) is 0 Å². The average molecular weight is 321 g/mol. The third-order valence-corrected chi connectivity index (χ3v) is 3.53. The Morgan fingerprint density at radius 2 is 2.04 bits per heavy atom. The van der Waals surface area contributed by atoms with Crippen LogP contribution in [0.5, 0.6) is 0 Å². The fourth-order valence-electron chi connectivity index (χ4n) is 2.47. The second-order valence-electron chi connectivity index (χ2n) is 5.56. The van der Waals surface area contributed by atoms with Crippen molar-refractivity contribution in [2.45, 2.75) is 20.4 Å². The van der Waals surface area contributed by atoms with E-state index < -0.39 is 0 Å². The SMILES string of the molecule is Cc1cc(C)n(-c2cccc(NC(=O)NCc3cccnc3)c2)n1. The third-order valence-electron chi connectivity index (χ3n) is 3.53. The summed E-state index contributed by atoms with van der Waals surface area (Å²) < 4.78 is 1.86. The van der Waals surface area contributed by atoms with Gasteiger partial charge in [-0.15, -0.1) is 0 Å². The van der Waals surface area contributed by atoms with Crippen LogP contribution in [0.25, 0.3) is 5.69 Å². The molecule has 1 aromatic carbocycles. The van der Waals surface area contributed by atoms with Crippen LogP contribution in [0.4, 0.5) is 10.5 Å². The predicted octanol–water partition coefficient (Wildman–Crippen LogP) is 3.21. The van der Waals surface area contributed by atoms with E-state index in [0.717, 1.165) is 22.6 Å². The van der Waals surface area contributed by atoms with E-state index in [2.05, 4.69) is 20.7 Å². The molecular weight excluding hydrogens is 302 g/mol. The molecular formula is C18H19N5O. The van der Waals surface area contributed by atoms with E-state index in [0.29, 0.717) is 12.2 Å². The maximum atomic E-state index is 12.0. The lowest BCUT2D eigenvalue weighted by Gasteiger charge is -2.10. The van der Waals surface area contributed by atoms with E-state index >= 15 is 0 Å². The number of hydrogen-bond donors (Lipinski definition) is 2. The zero-order chi connectivity index (χ0) is 16.9. The number of pyridine rings is 1. The molecule has 2 amide bonds. The van der Waals surface area contributed by atoms with Gasteiger partial charge in [0.15, 0.2) is 0 Å². The maximum absolute atomic E-state index is 12.0. The van der Waals surface area contributed by atoms with E-state index in [1.165, 1.54) is 0 Å². The average Bonchev–Trinajstić information content (AvgIpc) is 2.93. The van der Waals surface area contributed by atoms with Crippen LogP contribution < -0.4 is 10.6 Å². The molecule has 3 rings (SSSR count). The second-order valence-corrected chi connectivity index (χ2v) is 5.56. The summed E-state index contributed by atoms with van der Waals surface area (Å²) in [5, 5.41) is 10.1. The van der Waals surface area contributed by atoms with Crippen molar-refractivity contribution in [3.05, 3.63) is 71.8 Å². The van der Waals surface area contributed by atoms with Gasteiger partial charge in [0.1, 0.15) is 0 Å².